The van der Waals surface area contributed by atoms with Gasteiger partial charge in [0.05, 0.1) is 6.42 Å². The van der Waals surface area contributed by atoms with Crippen LogP contribution in [0.2, 0.25) is 0 Å². The number of hydrogen-bond acceptors (Lipinski definition) is 2. The Kier molecular flexibility index (Phi) is 4.27. The van der Waals surface area contributed by atoms with E-state index in [9.17, 15) is 27.0 Å². The van der Waals surface area contributed by atoms with Crippen molar-refractivity contribution in [2.75, 3.05) is 7.11 Å². The van der Waals surface area contributed by atoms with Gasteiger partial charge in [-0.1, -0.05) is 12.8 Å². The lowest BCUT2D eigenvalue weighted by Crippen LogP contribution is -2.46. The molecule has 0 aromatic heterocycles. The summed E-state index contributed by atoms with van der Waals surface area (Å²) in [5.41, 5.74) is 0. The molecule has 0 amide bonds. The minimum atomic E-state index is -4.70. The molecule has 3 atom stereocenters. The molecule has 1 aliphatic rings. The van der Waals surface area contributed by atoms with Crippen LogP contribution in [0, 0.1) is 0 Å². The van der Waals surface area contributed by atoms with E-state index < -0.39 is 31.5 Å². The fourth-order valence-corrected chi connectivity index (χ4v) is 3.99. The molecule has 0 radical (unpaired) electrons. The summed E-state index contributed by atoms with van der Waals surface area (Å²) >= 11 is 0. The van der Waals surface area contributed by atoms with Gasteiger partial charge in [-0.3, -0.25) is 4.57 Å². The Morgan fingerprint density at radius 1 is 1.47 bits per heavy atom. The maximum atomic E-state index is 13.8. The van der Waals surface area contributed by atoms with E-state index in [1.54, 1.807) is 0 Å². The van der Waals surface area contributed by atoms with E-state index in [4.69, 9.17) is 0 Å². The summed E-state index contributed by atoms with van der Waals surface area (Å²) in [5.74, 6) is 0. The molecule has 1 aliphatic carbocycles. The molecular weight excluding hydrogens is 263 g/mol. The highest BCUT2D eigenvalue weighted by atomic mass is 31.2. The SMILES string of the molecule is COP(=O)(O)C1(CC(F)(F)F)CCCCC1F. The van der Waals surface area contributed by atoms with Gasteiger partial charge in [-0.15, -0.1) is 0 Å². The quantitative estimate of drug-likeness (QED) is 0.635. The van der Waals surface area contributed by atoms with Crippen LogP contribution in [-0.2, 0) is 9.09 Å². The lowest BCUT2D eigenvalue weighted by Gasteiger charge is -2.41. The Labute approximate surface area is 96.7 Å². The Bertz CT molecular complexity index is 320. The topological polar surface area (TPSA) is 46.5 Å². The average Bonchev–Trinajstić information content (AvgIpc) is 2.19. The first kappa shape index (κ1) is 14.9. The maximum absolute atomic E-state index is 13.8. The van der Waals surface area contributed by atoms with Crippen molar-refractivity contribution >= 4 is 7.60 Å². The molecule has 0 spiro atoms. The Morgan fingerprint density at radius 3 is 2.47 bits per heavy atom. The van der Waals surface area contributed by atoms with Crippen LogP contribution < -0.4 is 0 Å². The number of hydrogen-bond donors (Lipinski definition) is 1. The highest BCUT2D eigenvalue weighted by Crippen LogP contribution is 2.64. The van der Waals surface area contributed by atoms with Crippen LogP contribution >= 0.6 is 7.60 Å². The smallest absolute Gasteiger partial charge is 0.324 e. The molecular formula is C9H15F4O3P. The van der Waals surface area contributed by atoms with Crippen molar-refractivity contribution in [2.24, 2.45) is 0 Å². The van der Waals surface area contributed by atoms with Crippen molar-refractivity contribution < 1.29 is 31.5 Å². The van der Waals surface area contributed by atoms with Crippen molar-refractivity contribution in [1.82, 2.24) is 0 Å². The lowest BCUT2D eigenvalue weighted by atomic mass is 9.84. The van der Waals surface area contributed by atoms with Crippen molar-refractivity contribution in [2.45, 2.75) is 49.6 Å². The van der Waals surface area contributed by atoms with Gasteiger partial charge in [0, 0.05) is 7.11 Å². The molecule has 17 heavy (non-hydrogen) atoms. The summed E-state index contributed by atoms with van der Waals surface area (Å²) in [6, 6.07) is 0. The Balaban J connectivity index is 3.12. The van der Waals surface area contributed by atoms with Gasteiger partial charge in [-0.2, -0.15) is 13.2 Å². The lowest BCUT2D eigenvalue weighted by molar-refractivity contribution is -0.149. The second kappa shape index (κ2) is 4.86. The molecule has 0 aromatic carbocycles. The highest BCUT2D eigenvalue weighted by Gasteiger charge is 2.60. The van der Waals surface area contributed by atoms with E-state index in [0.717, 1.165) is 7.11 Å². The van der Waals surface area contributed by atoms with Gasteiger partial charge in [-0.05, 0) is 12.8 Å². The molecule has 0 aliphatic heterocycles. The second-order valence-corrected chi connectivity index (χ2v) is 6.61. The van der Waals surface area contributed by atoms with Crippen LogP contribution in [-0.4, -0.2) is 29.5 Å². The van der Waals surface area contributed by atoms with Gasteiger partial charge in [-0.25, -0.2) is 4.39 Å². The second-order valence-electron chi connectivity index (χ2n) is 4.31. The molecule has 0 aromatic rings. The summed E-state index contributed by atoms with van der Waals surface area (Å²) in [7, 11) is -3.79. The fraction of sp³-hybridized carbons (Fsp3) is 1.00. The van der Waals surface area contributed by atoms with E-state index in [1.165, 1.54) is 0 Å². The standard InChI is InChI=1S/C9H15F4O3P/c1-16-17(14,15)8(6-9(11,12)13)5-3-2-4-7(8)10/h7H,2-6H2,1H3,(H,14,15). The Hall–Kier alpha value is -0.130. The van der Waals surface area contributed by atoms with Crippen LogP contribution in [0.5, 0.6) is 0 Å². The predicted molar refractivity (Wildman–Crippen MR) is 53.6 cm³/mol. The molecule has 3 unspecified atom stereocenters. The van der Waals surface area contributed by atoms with Crippen LogP contribution in [0.15, 0.2) is 0 Å². The number of alkyl halides is 4. The summed E-state index contributed by atoms with van der Waals surface area (Å²) < 4.78 is 67.2. The van der Waals surface area contributed by atoms with Crippen molar-refractivity contribution in [3.05, 3.63) is 0 Å². The van der Waals surface area contributed by atoms with Crippen molar-refractivity contribution in [1.29, 1.82) is 0 Å². The van der Waals surface area contributed by atoms with Gasteiger partial charge < -0.3 is 9.42 Å². The molecule has 8 heteroatoms. The molecule has 1 N–H and O–H groups in total. The van der Waals surface area contributed by atoms with Gasteiger partial charge in [0.15, 0.2) is 0 Å². The maximum Gasteiger partial charge on any atom is 0.390 e. The third-order valence-electron chi connectivity index (χ3n) is 3.22. The summed E-state index contributed by atoms with van der Waals surface area (Å²) in [6.45, 7) is 0. The monoisotopic (exact) mass is 278 g/mol. The number of rotatable bonds is 3. The summed E-state index contributed by atoms with van der Waals surface area (Å²) in [5, 5.41) is -2.34. The average molecular weight is 278 g/mol. The van der Waals surface area contributed by atoms with E-state index in [1.807, 2.05) is 0 Å². The molecule has 3 nitrogen and oxygen atoms in total. The molecule has 1 fully saturated rings. The number of halogens is 4. The normalized spacial score (nSPS) is 34.4. The third-order valence-corrected chi connectivity index (χ3v) is 5.50. The van der Waals surface area contributed by atoms with E-state index in [0.29, 0.717) is 12.8 Å². The van der Waals surface area contributed by atoms with Crippen molar-refractivity contribution in [3.63, 3.8) is 0 Å². The first-order valence-corrected chi connectivity index (χ1v) is 6.82. The zero-order chi connectivity index (χ0) is 13.3. The zero-order valence-electron chi connectivity index (χ0n) is 9.34. The first-order valence-electron chi connectivity index (χ1n) is 5.24. The molecule has 0 heterocycles. The van der Waals surface area contributed by atoms with E-state index in [2.05, 4.69) is 4.52 Å². The van der Waals surface area contributed by atoms with Crippen LogP contribution in [0.25, 0.3) is 0 Å². The predicted octanol–water partition coefficient (Wildman–Crippen LogP) is 3.42. The van der Waals surface area contributed by atoms with E-state index in [-0.39, 0.29) is 12.8 Å². The van der Waals surface area contributed by atoms with Gasteiger partial charge in [0.25, 0.3) is 0 Å². The molecule has 1 saturated carbocycles. The van der Waals surface area contributed by atoms with Crippen molar-refractivity contribution in [3.8, 4) is 0 Å². The minimum absolute atomic E-state index is 0.135. The van der Waals surface area contributed by atoms with Crippen LogP contribution in [0.1, 0.15) is 32.1 Å². The van der Waals surface area contributed by atoms with Crippen LogP contribution in [0.3, 0.4) is 0 Å². The third kappa shape index (κ3) is 3.01. The fourth-order valence-electron chi connectivity index (χ4n) is 2.33. The minimum Gasteiger partial charge on any atom is -0.324 e. The Morgan fingerprint density at radius 2 is 2.06 bits per heavy atom. The van der Waals surface area contributed by atoms with Gasteiger partial charge in [0.2, 0.25) is 0 Å². The first-order chi connectivity index (χ1) is 7.65. The van der Waals surface area contributed by atoms with Crippen LogP contribution in [0.4, 0.5) is 17.6 Å². The zero-order valence-corrected chi connectivity index (χ0v) is 10.2. The summed E-state index contributed by atoms with van der Waals surface area (Å²) in [6.07, 6.45) is -7.98. The molecule has 102 valence electrons. The van der Waals surface area contributed by atoms with E-state index >= 15 is 0 Å². The molecule has 1 rings (SSSR count). The largest absolute Gasteiger partial charge is 0.390 e. The highest BCUT2D eigenvalue weighted by molar-refractivity contribution is 7.54. The molecule has 0 bridgehead atoms. The van der Waals surface area contributed by atoms with Gasteiger partial charge in [0.1, 0.15) is 11.3 Å². The molecule has 0 saturated heterocycles. The van der Waals surface area contributed by atoms with Gasteiger partial charge >= 0.3 is 13.8 Å². The summed E-state index contributed by atoms with van der Waals surface area (Å²) in [4.78, 5) is 9.53.